The van der Waals surface area contributed by atoms with Crippen LogP contribution < -0.4 is 10.1 Å². The molecule has 0 saturated carbocycles. The van der Waals surface area contributed by atoms with E-state index in [0.717, 1.165) is 17.7 Å². The number of rotatable bonds is 4. The molecule has 1 aromatic carbocycles. The lowest BCUT2D eigenvalue weighted by atomic mass is 10.2. The van der Waals surface area contributed by atoms with Crippen LogP contribution in [0, 0.1) is 0 Å². The molecular formula is C13H15N3O2S. The van der Waals surface area contributed by atoms with E-state index < -0.39 is 0 Å². The summed E-state index contributed by atoms with van der Waals surface area (Å²) in [6, 6.07) is 7.48. The van der Waals surface area contributed by atoms with Crippen molar-refractivity contribution in [1.29, 1.82) is 0 Å². The Morgan fingerprint density at radius 3 is 2.74 bits per heavy atom. The molecule has 6 heteroatoms. The van der Waals surface area contributed by atoms with Crippen LogP contribution in [-0.4, -0.2) is 29.6 Å². The van der Waals surface area contributed by atoms with Crippen molar-refractivity contribution in [3.8, 4) is 5.75 Å². The van der Waals surface area contributed by atoms with Gasteiger partial charge in [-0.25, -0.2) is 0 Å². The number of nitrogens with zero attached hydrogens (tertiary/aromatic N) is 2. The number of nitrogens with one attached hydrogen (secondary N) is 1. The molecule has 1 aromatic rings. The van der Waals surface area contributed by atoms with E-state index in [1.54, 1.807) is 13.3 Å². The Morgan fingerprint density at radius 1 is 1.42 bits per heavy atom. The molecule has 5 nitrogen and oxygen atoms in total. The predicted octanol–water partition coefficient (Wildman–Crippen LogP) is 2.03. The molecule has 0 aliphatic carbocycles. The zero-order valence-electron chi connectivity index (χ0n) is 10.8. The summed E-state index contributed by atoms with van der Waals surface area (Å²) in [5.74, 6) is 0.804. The molecule has 19 heavy (non-hydrogen) atoms. The van der Waals surface area contributed by atoms with E-state index in [4.69, 9.17) is 4.74 Å². The zero-order valence-corrected chi connectivity index (χ0v) is 11.6. The Balaban J connectivity index is 1.97. The number of carbonyl (C=O) groups is 1. The van der Waals surface area contributed by atoms with Crippen LogP contribution >= 0.6 is 11.8 Å². The molecule has 2 rings (SSSR count). The first-order valence-corrected chi connectivity index (χ1v) is 6.83. The number of ether oxygens (including phenoxy) is 1. The molecule has 1 heterocycles. The number of methoxy groups -OCH3 is 1. The third kappa shape index (κ3) is 3.57. The van der Waals surface area contributed by atoms with Crippen molar-refractivity contribution in [1.82, 2.24) is 5.32 Å². The van der Waals surface area contributed by atoms with Crippen molar-refractivity contribution in [2.24, 2.45) is 10.2 Å². The molecule has 100 valence electrons. The highest BCUT2D eigenvalue weighted by molar-refractivity contribution is 8.15. The first-order chi connectivity index (χ1) is 9.22. The maximum atomic E-state index is 11.4. The van der Waals surface area contributed by atoms with Gasteiger partial charge in [-0.05, 0) is 36.2 Å². The molecule has 1 amide bonds. The number of carbonyl (C=O) groups excluding carboxylic acids is 1. The van der Waals surface area contributed by atoms with E-state index in [1.807, 2.05) is 31.2 Å². The molecular weight excluding hydrogens is 262 g/mol. The SMILES string of the molecule is CC[C@H]1S/C(=N\N=C/c2ccc(OC)cc2)NC1=O. The first kappa shape index (κ1) is 13.6. The minimum Gasteiger partial charge on any atom is -0.497 e. The Labute approximate surface area is 116 Å². The van der Waals surface area contributed by atoms with Crippen molar-refractivity contribution in [3.05, 3.63) is 29.8 Å². The van der Waals surface area contributed by atoms with Crippen LogP contribution in [-0.2, 0) is 4.79 Å². The molecule has 0 radical (unpaired) electrons. The molecule has 1 saturated heterocycles. The Kier molecular flexibility index (Phi) is 4.57. The normalized spacial score (nSPS) is 21.1. The van der Waals surface area contributed by atoms with Crippen molar-refractivity contribution < 1.29 is 9.53 Å². The van der Waals surface area contributed by atoms with Crippen LogP contribution in [0.15, 0.2) is 34.5 Å². The van der Waals surface area contributed by atoms with Gasteiger partial charge in [0, 0.05) is 0 Å². The third-order valence-corrected chi connectivity index (χ3v) is 3.86. The quantitative estimate of drug-likeness (QED) is 0.676. The minimum absolute atomic E-state index is 0.00546. The molecule has 0 spiro atoms. The van der Waals surface area contributed by atoms with Crippen molar-refractivity contribution in [2.45, 2.75) is 18.6 Å². The molecule has 0 bridgehead atoms. The van der Waals surface area contributed by atoms with Gasteiger partial charge in [-0.15, -0.1) is 5.10 Å². The largest absolute Gasteiger partial charge is 0.497 e. The molecule has 1 fully saturated rings. The highest BCUT2D eigenvalue weighted by Crippen LogP contribution is 2.21. The van der Waals surface area contributed by atoms with Gasteiger partial charge < -0.3 is 10.1 Å². The predicted molar refractivity (Wildman–Crippen MR) is 77.8 cm³/mol. The number of hydrogen-bond donors (Lipinski definition) is 1. The highest BCUT2D eigenvalue weighted by atomic mass is 32.2. The zero-order chi connectivity index (χ0) is 13.7. The summed E-state index contributed by atoms with van der Waals surface area (Å²) >= 11 is 1.42. The van der Waals surface area contributed by atoms with E-state index in [1.165, 1.54) is 11.8 Å². The topological polar surface area (TPSA) is 63.1 Å². The monoisotopic (exact) mass is 277 g/mol. The summed E-state index contributed by atoms with van der Waals surface area (Å²) in [4.78, 5) is 11.4. The molecule has 1 atom stereocenters. The highest BCUT2D eigenvalue weighted by Gasteiger charge is 2.28. The standard InChI is InChI=1S/C13H15N3O2S/c1-3-11-12(17)15-13(19-11)16-14-8-9-4-6-10(18-2)7-5-9/h4-8,11H,3H2,1-2H3,(H,15,16,17)/b14-8-/t11-/m1/s1. The Bertz CT molecular complexity index is 511. The van der Waals surface area contributed by atoms with Crippen molar-refractivity contribution in [2.75, 3.05) is 7.11 Å². The average Bonchev–Trinajstić information content (AvgIpc) is 2.80. The molecule has 1 aliphatic heterocycles. The fourth-order valence-electron chi connectivity index (χ4n) is 1.56. The van der Waals surface area contributed by atoms with Crippen LogP contribution in [0.25, 0.3) is 0 Å². The van der Waals surface area contributed by atoms with Crippen LogP contribution in [0.2, 0.25) is 0 Å². The van der Waals surface area contributed by atoms with Gasteiger partial charge >= 0.3 is 0 Å². The molecule has 1 N–H and O–H groups in total. The van der Waals surface area contributed by atoms with E-state index in [2.05, 4.69) is 15.5 Å². The van der Waals surface area contributed by atoms with Crippen LogP contribution in [0.3, 0.4) is 0 Å². The number of amidine groups is 1. The summed E-state index contributed by atoms with van der Waals surface area (Å²) in [5, 5.41) is 11.2. The Morgan fingerprint density at radius 2 is 2.16 bits per heavy atom. The van der Waals surface area contributed by atoms with Gasteiger partial charge in [0.05, 0.1) is 18.6 Å². The van der Waals surface area contributed by atoms with Crippen LogP contribution in [0.4, 0.5) is 0 Å². The van der Waals surface area contributed by atoms with Gasteiger partial charge in [-0.2, -0.15) is 5.10 Å². The summed E-state index contributed by atoms with van der Waals surface area (Å²) < 4.78 is 5.07. The maximum Gasteiger partial charge on any atom is 0.239 e. The first-order valence-electron chi connectivity index (χ1n) is 5.95. The number of amides is 1. The number of hydrogen-bond acceptors (Lipinski definition) is 5. The fraction of sp³-hybridized carbons (Fsp3) is 0.308. The van der Waals surface area contributed by atoms with Gasteiger partial charge in [0.1, 0.15) is 5.75 Å². The van der Waals surface area contributed by atoms with Gasteiger partial charge in [0.2, 0.25) is 5.91 Å². The van der Waals surface area contributed by atoms with Gasteiger partial charge in [-0.1, -0.05) is 18.7 Å². The second-order valence-electron chi connectivity index (χ2n) is 3.93. The van der Waals surface area contributed by atoms with E-state index in [-0.39, 0.29) is 11.2 Å². The lowest BCUT2D eigenvalue weighted by molar-refractivity contribution is -0.118. The average molecular weight is 277 g/mol. The maximum absolute atomic E-state index is 11.4. The number of benzene rings is 1. The summed E-state index contributed by atoms with van der Waals surface area (Å²) in [7, 11) is 1.62. The van der Waals surface area contributed by atoms with E-state index in [0.29, 0.717) is 5.17 Å². The molecule has 0 aromatic heterocycles. The lowest BCUT2D eigenvalue weighted by Gasteiger charge is -1.98. The molecule has 1 aliphatic rings. The van der Waals surface area contributed by atoms with Crippen molar-refractivity contribution >= 4 is 29.1 Å². The van der Waals surface area contributed by atoms with Crippen LogP contribution in [0.5, 0.6) is 5.75 Å². The van der Waals surface area contributed by atoms with E-state index >= 15 is 0 Å². The van der Waals surface area contributed by atoms with E-state index in [9.17, 15) is 4.79 Å². The smallest absolute Gasteiger partial charge is 0.239 e. The third-order valence-electron chi connectivity index (χ3n) is 2.62. The van der Waals surface area contributed by atoms with Crippen molar-refractivity contribution in [3.63, 3.8) is 0 Å². The molecule has 0 unspecified atom stereocenters. The number of thioether (sulfide) groups is 1. The van der Waals surface area contributed by atoms with Crippen LogP contribution in [0.1, 0.15) is 18.9 Å². The van der Waals surface area contributed by atoms with Gasteiger partial charge in [0.15, 0.2) is 5.17 Å². The minimum atomic E-state index is -0.0464. The summed E-state index contributed by atoms with van der Waals surface area (Å²) in [5.41, 5.74) is 0.923. The second-order valence-corrected chi connectivity index (χ2v) is 5.12. The summed E-state index contributed by atoms with van der Waals surface area (Å²) in [6.07, 6.45) is 2.43. The lowest BCUT2D eigenvalue weighted by Crippen LogP contribution is -2.24. The van der Waals surface area contributed by atoms with Gasteiger partial charge in [0.25, 0.3) is 0 Å². The Hall–Kier alpha value is -1.82. The summed E-state index contributed by atoms with van der Waals surface area (Å²) in [6.45, 7) is 1.97. The second kappa shape index (κ2) is 6.38. The fourth-order valence-corrected chi connectivity index (χ4v) is 2.41. The van der Waals surface area contributed by atoms with Gasteiger partial charge in [-0.3, -0.25) is 4.79 Å².